The second-order valence-electron chi connectivity index (χ2n) is 5.09. The molecule has 0 saturated heterocycles. The number of nitrogens with one attached hydrogen (secondary N) is 1. The molecule has 1 aromatic rings. The summed E-state index contributed by atoms with van der Waals surface area (Å²) < 4.78 is 6.91. The predicted octanol–water partition coefficient (Wildman–Crippen LogP) is 1.43. The van der Waals surface area contributed by atoms with Crippen LogP contribution in [0.15, 0.2) is 12.3 Å². The lowest BCUT2D eigenvalue weighted by Crippen LogP contribution is -2.36. The van der Waals surface area contributed by atoms with E-state index in [-0.39, 0.29) is 6.04 Å². The monoisotopic (exact) mass is 254 g/mol. The second kappa shape index (κ2) is 5.86. The lowest BCUT2D eigenvalue weighted by atomic mass is 10.2. The molecule has 0 radical (unpaired) electrons. The van der Waals surface area contributed by atoms with E-state index in [1.54, 1.807) is 4.68 Å². The molecule has 0 aliphatic heterocycles. The Bertz CT molecular complexity index is 395. The van der Waals surface area contributed by atoms with E-state index in [0.29, 0.717) is 6.54 Å². The molecule has 1 aromatic heterocycles. The van der Waals surface area contributed by atoms with Gasteiger partial charge >= 0.3 is 6.09 Å². The second-order valence-corrected chi connectivity index (χ2v) is 5.09. The number of carbonyl (C=O) groups excluding carboxylic acids is 1. The summed E-state index contributed by atoms with van der Waals surface area (Å²) in [5.74, 6) is 0. The Labute approximate surface area is 107 Å². The topological polar surface area (TPSA) is 82.2 Å². The molecule has 18 heavy (non-hydrogen) atoms. The molecule has 0 spiro atoms. The number of alkyl carbamates (subject to hydrolysis) is 1. The number of hydrogen-bond acceptors (Lipinski definition) is 4. The summed E-state index contributed by atoms with van der Waals surface area (Å²) in [6, 6.07) is 1.52. The number of carbonyl (C=O) groups is 1. The number of amides is 1. The summed E-state index contributed by atoms with van der Waals surface area (Å²) >= 11 is 0. The van der Waals surface area contributed by atoms with Gasteiger partial charge in [-0.05, 0) is 33.8 Å². The quantitative estimate of drug-likeness (QED) is 0.851. The molecule has 0 aliphatic carbocycles. The van der Waals surface area contributed by atoms with E-state index in [4.69, 9.17) is 10.5 Å². The van der Waals surface area contributed by atoms with Crippen molar-refractivity contribution in [3.05, 3.63) is 18.0 Å². The van der Waals surface area contributed by atoms with E-state index in [9.17, 15) is 4.79 Å². The first-order chi connectivity index (χ1) is 8.31. The van der Waals surface area contributed by atoms with Crippen LogP contribution in [0.2, 0.25) is 0 Å². The first-order valence-corrected chi connectivity index (χ1v) is 6.07. The zero-order valence-electron chi connectivity index (χ0n) is 11.4. The molecular weight excluding hydrogens is 232 g/mol. The van der Waals surface area contributed by atoms with Gasteiger partial charge in [-0.1, -0.05) is 0 Å². The summed E-state index contributed by atoms with van der Waals surface area (Å²) in [6.45, 7) is 8.55. The van der Waals surface area contributed by atoms with Crippen LogP contribution in [-0.2, 0) is 11.3 Å². The molecule has 3 N–H and O–H groups in total. The number of aromatic nitrogens is 2. The summed E-state index contributed by atoms with van der Waals surface area (Å²) in [6.07, 6.45) is 1.40. The van der Waals surface area contributed by atoms with Crippen molar-refractivity contribution < 1.29 is 9.53 Å². The molecule has 0 saturated carbocycles. The molecular formula is C12H22N4O2. The normalized spacial score (nSPS) is 13.2. The van der Waals surface area contributed by atoms with Crippen LogP contribution >= 0.6 is 0 Å². The summed E-state index contributed by atoms with van der Waals surface area (Å²) in [7, 11) is 0. The Balaban J connectivity index is 2.41. The third-order valence-electron chi connectivity index (χ3n) is 2.23. The molecule has 102 valence electrons. The van der Waals surface area contributed by atoms with Gasteiger partial charge in [0, 0.05) is 19.3 Å². The fourth-order valence-corrected chi connectivity index (χ4v) is 1.36. The highest BCUT2D eigenvalue weighted by Crippen LogP contribution is 2.08. The van der Waals surface area contributed by atoms with Crippen LogP contribution in [0, 0.1) is 0 Å². The van der Waals surface area contributed by atoms with Crippen molar-refractivity contribution in [2.75, 3.05) is 6.54 Å². The van der Waals surface area contributed by atoms with Crippen LogP contribution < -0.4 is 11.1 Å². The Morgan fingerprint density at radius 3 is 2.78 bits per heavy atom. The van der Waals surface area contributed by atoms with Crippen LogP contribution in [0.4, 0.5) is 4.79 Å². The Hall–Kier alpha value is -1.56. The van der Waals surface area contributed by atoms with Crippen LogP contribution in [0.3, 0.4) is 0 Å². The Morgan fingerprint density at radius 1 is 1.61 bits per heavy atom. The highest BCUT2D eigenvalue weighted by molar-refractivity contribution is 5.67. The molecule has 6 nitrogen and oxygen atoms in total. The van der Waals surface area contributed by atoms with E-state index in [1.165, 1.54) is 0 Å². The lowest BCUT2D eigenvalue weighted by molar-refractivity contribution is 0.0524. The van der Waals surface area contributed by atoms with Crippen LogP contribution in [-0.4, -0.2) is 28.0 Å². The molecule has 1 unspecified atom stereocenters. The molecule has 1 atom stereocenters. The highest BCUT2D eigenvalue weighted by atomic mass is 16.6. The average Bonchev–Trinajstić information content (AvgIpc) is 2.72. The van der Waals surface area contributed by atoms with Gasteiger partial charge in [0.1, 0.15) is 5.60 Å². The lowest BCUT2D eigenvalue weighted by Gasteiger charge is -2.20. The van der Waals surface area contributed by atoms with E-state index in [0.717, 1.165) is 12.2 Å². The first kappa shape index (κ1) is 14.5. The van der Waals surface area contributed by atoms with E-state index in [1.807, 2.05) is 40.0 Å². The minimum absolute atomic E-state index is 0.301. The maximum absolute atomic E-state index is 11.4. The van der Waals surface area contributed by atoms with E-state index < -0.39 is 11.7 Å². The van der Waals surface area contributed by atoms with Gasteiger partial charge in [-0.15, -0.1) is 0 Å². The minimum Gasteiger partial charge on any atom is -0.444 e. The summed E-state index contributed by atoms with van der Waals surface area (Å²) in [4.78, 5) is 11.4. The maximum atomic E-state index is 11.4. The minimum atomic E-state index is -0.502. The van der Waals surface area contributed by atoms with Crippen LogP contribution in [0.5, 0.6) is 0 Å². The van der Waals surface area contributed by atoms with Crippen molar-refractivity contribution >= 4 is 6.09 Å². The zero-order chi connectivity index (χ0) is 13.8. The molecule has 1 amide bonds. The van der Waals surface area contributed by atoms with Crippen LogP contribution in [0.1, 0.15) is 39.4 Å². The molecule has 1 heterocycles. The molecule has 0 bridgehead atoms. The van der Waals surface area contributed by atoms with Gasteiger partial charge in [-0.25, -0.2) is 4.79 Å². The zero-order valence-corrected chi connectivity index (χ0v) is 11.4. The Kier molecular flexibility index (Phi) is 4.72. The Morgan fingerprint density at radius 2 is 2.28 bits per heavy atom. The van der Waals surface area contributed by atoms with Crippen LogP contribution in [0.25, 0.3) is 0 Å². The van der Waals surface area contributed by atoms with Gasteiger partial charge in [-0.3, -0.25) is 4.68 Å². The van der Waals surface area contributed by atoms with E-state index >= 15 is 0 Å². The third-order valence-corrected chi connectivity index (χ3v) is 2.23. The van der Waals surface area contributed by atoms with Crippen molar-refractivity contribution in [1.29, 1.82) is 0 Å². The van der Waals surface area contributed by atoms with Gasteiger partial charge in [0.05, 0.1) is 11.7 Å². The number of nitrogens with two attached hydrogens (primary N) is 1. The number of hydrogen-bond donors (Lipinski definition) is 2. The van der Waals surface area contributed by atoms with Gasteiger partial charge in [0.15, 0.2) is 0 Å². The first-order valence-electron chi connectivity index (χ1n) is 6.07. The number of nitrogens with zero attached hydrogens (tertiary/aromatic N) is 2. The predicted molar refractivity (Wildman–Crippen MR) is 69.1 cm³/mol. The standard InChI is InChI=1S/C12H22N4O2/c1-5-16-7-6-10(15-16)9(13)8-14-11(17)18-12(2,3)4/h6-7,9H,5,8,13H2,1-4H3,(H,14,17). The van der Waals surface area contributed by atoms with Crippen molar-refractivity contribution in [2.24, 2.45) is 5.73 Å². The average molecular weight is 254 g/mol. The molecule has 0 fully saturated rings. The number of ether oxygens (including phenoxy) is 1. The van der Waals surface area contributed by atoms with Gasteiger partial charge in [-0.2, -0.15) is 5.10 Å². The van der Waals surface area contributed by atoms with Gasteiger partial charge < -0.3 is 15.8 Å². The highest BCUT2D eigenvalue weighted by Gasteiger charge is 2.17. The summed E-state index contributed by atoms with van der Waals surface area (Å²) in [5.41, 5.74) is 6.18. The largest absolute Gasteiger partial charge is 0.444 e. The van der Waals surface area contributed by atoms with Crippen molar-refractivity contribution in [2.45, 2.75) is 45.9 Å². The number of aryl methyl sites for hydroxylation is 1. The van der Waals surface area contributed by atoms with Crippen molar-refractivity contribution in [3.8, 4) is 0 Å². The summed E-state index contributed by atoms with van der Waals surface area (Å²) in [5, 5.41) is 6.91. The van der Waals surface area contributed by atoms with E-state index in [2.05, 4.69) is 10.4 Å². The van der Waals surface area contributed by atoms with Gasteiger partial charge in [0.2, 0.25) is 0 Å². The molecule has 1 rings (SSSR count). The molecule has 6 heteroatoms. The molecule has 0 aromatic carbocycles. The third kappa shape index (κ3) is 4.75. The SMILES string of the molecule is CCn1ccc(C(N)CNC(=O)OC(C)(C)C)n1. The van der Waals surface area contributed by atoms with Gasteiger partial charge in [0.25, 0.3) is 0 Å². The van der Waals surface area contributed by atoms with Crippen molar-refractivity contribution in [1.82, 2.24) is 15.1 Å². The van der Waals surface area contributed by atoms with Crippen molar-refractivity contribution in [3.63, 3.8) is 0 Å². The fraction of sp³-hybridized carbons (Fsp3) is 0.667. The smallest absolute Gasteiger partial charge is 0.407 e. The maximum Gasteiger partial charge on any atom is 0.407 e. The number of rotatable bonds is 4. The fourth-order valence-electron chi connectivity index (χ4n) is 1.36. The molecule has 0 aliphatic rings.